The maximum absolute atomic E-state index is 13.5. The van der Waals surface area contributed by atoms with Crippen LogP contribution < -0.4 is 14.4 Å². The molecule has 6 nitrogen and oxygen atoms in total. The first-order valence-electron chi connectivity index (χ1n) is 11.9. The van der Waals surface area contributed by atoms with E-state index in [9.17, 15) is 14.0 Å². The number of methoxy groups -OCH3 is 1. The molecular weight excluding hydrogens is 493 g/mol. The minimum absolute atomic E-state index is 0.0274. The van der Waals surface area contributed by atoms with E-state index in [-0.39, 0.29) is 29.6 Å². The summed E-state index contributed by atoms with van der Waals surface area (Å²) in [4.78, 5) is 26.9. The number of carbonyl (C=O) groups excluding carboxylic acids is 2. The zero-order valence-corrected chi connectivity index (χ0v) is 22.1. The average molecular weight is 524 g/mol. The Morgan fingerprint density at radius 1 is 0.946 bits per heavy atom. The second-order valence-corrected chi connectivity index (χ2v) is 10.8. The van der Waals surface area contributed by atoms with E-state index >= 15 is 0 Å². The molecule has 1 fully saturated rings. The summed E-state index contributed by atoms with van der Waals surface area (Å²) >= 11 is 1.57. The summed E-state index contributed by atoms with van der Waals surface area (Å²) in [6.45, 7) is 5.21. The molecule has 194 valence electrons. The van der Waals surface area contributed by atoms with Gasteiger partial charge in [0.05, 0.1) is 13.2 Å². The first-order chi connectivity index (χ1) is 17.6. The van der Waals surface area contributed by atoms with Gasteiger partial charge in [0.2, 0.25) is 5.91 Å². The van der Waals surface area contributed by atoms with E-state index < -0.39 is 11.6 Å². The van der Waals surface area contributed by atoms with Gasteiger partial charge in [-0.2, -0.15) is 0 Å². The van der Waals surface area contributed by atoms with Crippen LogP contribution in [-0.2, 0) is 20.1 Å². The standard InChI is InChI=1S/C29H30FNO5S/c1-29(2,3)36-25(32)17-35-24-15-7-20(8-16-24)26-27(37-18-19-5-13-23(34-4)14-6-19)28(33)31(26)22-11-9-21(30)10-12-22/h5-16,26-27H,17-18H2,1-4H3/t26-,27?/m1/s1. The molecule has 8 heteroatoms. The molecule has 37 heavy (non-hydrogen) atoms. The molecule has 1 heterocycles. The number of hydrogen-bond acceptors (Lipinski definition) is 6. The van der Waals surface area contributed by atoms with Gasteiger partial charge < -0.3 is 19.1 Å². The number of carbonyl (C=O) groups is 2. The molecule has 1 amide bonds. The summed E-state index contributed by atoms with van der Waals surface area (Å²) in [7, 11) is 1.62. The van der Waals surface area contributed by atoms with Crippen molar-refractivity contribution in [2.24, 2.45) is 0 Å². The van der Waals surface area contributed by atoms with Crippen molar-refractivity contribution in [1.82, 2.24) is 0 Å². The maximum atomic E-state index is 13.5. The normalized spacial score (nSPS) is 17.2. The van der Waals surface area contributed by atoms with Crippen molar-refractivity contribution < 1.29 is 28.2 Å². The third kappa shape index (κ3) is 6.63. The van der Waals surface area contributed by atoms with E-state index in [4.69, 9.17) is 14.2 Å². The fraction of sp³-hybridized carbons (Fsp3) is 0.310. The second-order valence-electron chi connectivity index (χ2n) is 9.65. The number of benzene rings is 3. The molecule has 1 saturated heterocycles. The highest BCUT2D eigenvalue weighted by atomic mass is 32.2. The Hall–Kier alpha value is -3.52. The number of ether oxygens (including phenoxy) is 3. The number of halogens is 1. The monoisotopic (exact) mass is 523 g/mol. The van der Waals surface area contributed by atoms with E-state index in [0.29, 0.717) is 17.2 Å². The molecule has 1 unspecified atom stereocenters. The van der Waals surface area contributed by atoms with Gasteiger partial charge in [-0.1, -0.05) is 24.3 Å². The maximum Gasteiger partial charge on any atom is 0.344 e. The number of nitrogens with zero attached hydrogens (tertiary/aromatic N) is 1. The Morgan fingerprint density at radius 2 is 1.57 bits per heavy atom. The van der Waals surface area contributed by atoms with Gasteiger partial charge in [-0.15, -0.1) is 11.8 Å². The van der Waals surface area contributed by atoms with Crippen molar-refractivity contribution in [2.45, 2.75) is 43.4 Å². The molecule has 0 aliphatic carbocycles. The van der Waals surface area contributed by atoms with Crippen LogP contribution in [0.2, 0.25) is 0 Å². The van der Waals surface area contributed by atoms with Crippen LogP contribution in [0.3, 0.4) is 0 Å². The summed E-state index contributed by atoms with van der Waals surface area (Å²) in [6.07, 6.45) is 0. The van der Waals surface area contributed by atoms with Crippen molar-refractivity contribution in [3.8, 4) is 11.5 Å². The Balaban J connectivity index is 1.49. The van der Waals surface area contributed by atoms with E-state index in [0.717, 1.165) is 16.9 Å². The number of esters is 1. The van der Waals surface area contributed by atoms with Crippen molar-refractivity contribution in [1.29, 1.82) is 0 Å². The second kappa shape index (κ2) is 11.3. The number of β-lactam (4-membered cyclic amide) rings is 1. The number of rotatable bonds is 9. The molecule has 3 aromatic rings. The Morgan fingerprint density at radius 3 is 2.16 bits per heavy atom. The highest BCUT2D eigenvalue weighted by Gasteiger charge is 2.49. The van der Waals surface area contributed by atoms with Crippen LogP contribution in [0, 0.1) is 5.82 Å². The Bertz CT molecular complexity index is 1220. The van der Waals surface area contributed by atoms with Gasteiger partial charge in [-0.3, -0.25) is 4.79 Å². The van der Waals surface area contributed by atoms with Gasteiger partial charge in [-0.05, 0) is 80.4 Å². The number of thioether (sulfide) groups is 1. The molecule has 3 aromatic carbocycles. The number of hydrogen-bond donors (Lipinski definition) is 0. The molecule has 0 N–H and O–H groups in total. The molecule has 0 spiro atoms. The van der Waals surface area contributed by atoms with E-state index in [1.54, 1.807) is 68.8 Å². The van der Waals surface area contributed by atoms with Crippen LogP contribution in [0.15, 0.2) is 72.8 Å². The van der Waals surface area contributed by atoms with Crippen LogP contribution in [0.4, 0.5) is 10.1 Å². The molecule has 1 aliphatic heterocycles. The lowest BCUT2D eigenvalue weighted by molar-refractivity contribution is -0.157. The van der Waals surface area contributed by atoms with Crippen molar-refractivity contribution in [3.63, 3.8) is 0 Å². The van der Waals surface area contributed by atoms with Crippen LogP contribution in [0.1, 0.15) is 37.9 Å². The number of amides is 1. The van der Waals surface area contributed by atoms with Crippen LogP contribution in [0.5, 0.6) is 11.5 Å². The summed E-state index contributed by atoms with van der Waals surface area (Å²) in [5.41, 5.74) is 2.07. The quantitative estimate of drug-likeness (QED) is 0.255. The highest BCUT2D eigenvalue weighted by Crippen LogP contribution is 2.46. The molecule has 4 rings (SSSR count). The molecule has 0 saturated carbocycles. The van der Waals surface area contributed by atoms with Gasteiger partial charge in [0, 0.05) is 11.4 Å². The molecule has 0 aromatic heterocycles. The van der Waals surface area contributed by atoms with Crippen LogP contribution in [-0.4, -0.2) is 36.4 Å². The largest absolute Gasteiger partial charge is 0.497 e. The predicted octanol–water partition coefficient (Wildman–Crippen LogP) is 5.94. The fourth-order valence-corrected chi connectivity index (χ4v) is 5.30. The van der Waals surface area contributed by atoms with Gasteiger partial charge in [-0.25, -0.2) is 9.18 Å². The molecule has 0 bridgehead atoms. The van der Waals surface area contributed by atoms with Crippen molar-refractivity contribution >= 4 is 29.3 Å². The minimum atomic E-state index is -0.580. The summed E-state index contributed by atoms with van der Waals surface area (Å²) in [5, 5.41) is -0.305. The smallest absolute Gasteiger partial charge is 0.344 e. The zero-order valence-electron chi connectivity index (χ0n) is 21.3. The molecule has 2 atom stereocenters. The topological polar surface area (TPSA) is 65.1 Å². The number of anilines is 1. The summed E-state index contributed by atoms with van der Waals surface area (Å²) in [5.74, 6) is 1.13. The van der Waals surface area contributed by atoms with Gasteiger partial charge >= 0.3 is 5.97 Å². The lowest BCUT2D eigenvalue weighted by atomic mass is 9.92. The SMILES string of the molecule is COc1ccc(CSC2C(=O)N(c3ccc(F)cc3)[C@@H]2c2ccc(OCC(=O)OC(C)(C)C)cc2)cc1. The van der Waals surface area contributed by atoms with E-state index in [1.165, 1.54) is 12.1 Å². The predicted molar refractivity (Wildman–Crippen MR) is 142 cm³/mol. The lowest BCUT2D eigenvalue weighted by Gasteiger charge is -2.47. The average Bonchev–Trinajstić information content (AvgIpc) is 2.87. The molecule has 1 aliphatic rings. The van der Waals surface area contributed by atoms with E-state index in [1.807, 2.05) is 36.4 Å². The highest BCUT2D eigenvalue weighted by molar-refractivity contribution is 8.00. The van der Waals surface area contributed by atoms with Crippen molar-refractivity contribution in [2.75, 3.05) is 18.6 Å². The van der Waals surface area contributed by atoms with Gasteiger partial charge in [0.1, 0.15) is 28.2 Å². The summed E-state index contributed by atoms with van der Waals surface area (Å²) in [6, 6.07) is 20.8. The first kappa shape index (κ1) is 26.5. The molecule has 0 radical (unpaired) electrons. The van der Waals surface area contributed by atoms with E-state index in [2.05, 4.69) is 0 Å². The van der Waals surface area contributed by atoms with Gasteiger partial charge in [0.25, 0.3) is 0 Å². The molecular formula is C29H30FNO5S. The Labute approximate surface area is 220 Å². The lowest BCUT2D eigenvalue weighted by Crippen LogP contribution is -2.57. The van der Waals surface area contributed by atoms with Crippen molar-refractivity contribution in [3.05, 3.63) is 89.7 Å². The fourth-order valence-electron chi connectivity index (χ4n) is 4.02. The Kier molecular flexibility index (Phi) is 8.07. The third-order valence-corrected chi connectivity index (χ3v) is 7.06. The van der Waals surface area contributed by atoms with Gasteiger partial charge in [0.15, 0.2) is 6.61 Å². The van der Waals surface area contributed by atoms with Crippen LogP contribution >= 0.6 is 11.8 Å². The first-order valence-corrected chi connectivity index (χ1v) is 13.0. The summed E-state index contributed by atoms with van der Waals surface area (Å²) < 4.78 is 29.6. The minimum Gasteiger partial charge on any atom is -0.497 e. The zero-order chi connectivity index (χ0) is 26.6. The van der Waals surface area contributed by atoms with Crippen LogP contribution in [0.25, 0.3) is 0 Å². The third-order valence-electron chi connectivity index (χ3n) is 5.74.